The molecule has 32 heavy (non-hydrogen) atoms. The number of carbonyl (C=O) groups is 2. The van der Waals surface area contributed by atoms with Gasteiger partial charge in [-0.25, -0.2) is 0 Å². The molecule has 0 saturated heterocycles. The van der Waals surface area contributed by atoms with Crippen molar-refractivity contribution < 1.29 is 14.7 Å². The zero-order valence-corrected chi connectivity index (χ0v) is 19.9. The van der Waals surface area contributed by atoms with Crippen molar-refractivity contribution in [1.29, 1.82) is 0 Å². The average Bonchev–Trinajstić information content (AvgIpc) is 2.68. The third kappa shape index (κ3) is 7.84. The Kier molecular flexibility index (Phi) is 9.01. The van der Waals surface area contributed by atoms with E-state index in [9.17, 15) is 9.59 Å². The molecule has 0 aromatic heterocycles. The van der Waals surface area contributed by atoms with Gasteiger partial charge in [-0.15, -0.1) is 0 Å². The molecule has 0 atom stereocenters. The zero-order valence-electron chi connectivity index (χ0n) is 19.9. The lowest BCUT2D eigenvalue weighted by atomic mass is 9.72. The van der Waals surface area contributed by atoms with E-state index in [1.165, 1.54) is 36.5 Å². The van der Waals surface area contributed by atoms with E-state index >= 15 is 0 Å². The quantitative estimate of drug-likeness (QED) is 0.351. The number of amides is 1. The average molecular weight is 434 g/mol. The van der Waals surface area contributed by atoms with E-state index in [-0.39, 0.29) is 17.7 Å². The van der Waals surface area contributed by atoms with Crippen LogP contribution in [-0.4, -0.2) is 17.0 Å². The molecular weight excluding hydrogens is 398 g/mol. The standard InChI is InChI=1S/C28H35NO3/c1-20(15-16-24-22(3)12-9-17-28(24,4)5)10-8-11-21(2)18-26(30)29-25-14-7-6-13-23(25)19-27(31)32/h6-8,10-11,13-16,18H,9,12,17,19H2,1-5H3,(H,29,30)(H,31,32). The lowest BCUT2D eigenvalue weighted by Crippen LogP contribution is -2.19. The molecule has 0 fully saturated rings. The second-order valence-corrected chi connectivity index (χ2v) is 9.14. The molecule has 1 aromatic rings. The smallest absolute Gasteiger partial charge is 0.307 e. The monoisotopic (exact) mass is 433 g/mol. The van der Waals surface area contributed by atoms with E-state index in [0.29, 0.717) is 11.3 Å². The largest absolute Gasteiger partial charge is 0.481 e. The molecule has 0 radical (unpaired) electrons. The number of carboxylic acids is 1. The van der Waals surface area contributed by atoms with Crippen molar-refractivity contribution in [2.75, 3.05) is 5.32 Å². The molecule has 1 aromatic carbocycles. The highest BCUT2D eigenvalue weighted by atomic mass is 16.4. The molecule has 0 unspecified atom stereocenters. The first kappa shape index (κ1) is 25.1. The van der Waals surface area contributed by atoms with Gasteiger partial charge in [0.05, 0.1) is 6.42 Å². The molecule has 0 bridgehead atoms. The number of carboxylic acid groups (broad SMARTS) is 1. The fourth-order valence-corrected chi connectivity index (χ4v) is 4.02. The number of rotatable bonds is 8. The summed E-state index contributed by atoms with van der Waals surface area (Å²) in [5, 5.41) is 11.8. The summed E-state index contributed by atoms with van der Waals surface area (Å²) in [5.41, 5.74) is 6.19. The van der Waals surface area contributed by atoms with Gasteiger partial charge in [-0.3, -0.25) is 9.59 Å². The van der Waals surface area contributed by atoms with Crippen LogP contribution in [-0.2, 0) is 16.0 Å². The molecular formula is C28H35NO3. The highest BCUT2D eigenvalue weighted by Crippen LogP contribution is 2.40. The Morgan fingerprint density at radius 2 is 1.84 bits per heavy atom. The third-order valence-corrected chi connectivity index (χ3v) is 5.75. The highest BCUT2D eigenvalue weighted by molar-refractivity contribution is 6.00. The number of hydrogen-bond donors (Lipinski definition) is 2. The van der Waals surface area contributed by atoms with Crippen LogP contribution >= 0.6 is 0 Å². The van der Waals surface area contributed by atoms with Crippen LogP contribution in [0.2, 0.25) is 0 Å². The fourth-order valence-electron chi connectivity index (χ4n) is 4.02. The van der Waals surface area contributed by atoms with Crippen molar-refractivity contribution in [2.24, 2.45) is 5.41 Å². The van der Waals surface area contributed by atoms with E-state index in [4.69, 9.17) is 5.11 Å². The Labute approximate surface area is 192 Å². The van der Waals surface area contributed by atoms with Gasteiger partial charge in [0.2, 0.25) is 5.91 Å². The predicted octanol–water partition coefficient (Wildman–Crippen LogP) is 6.78. The van der Waals surface area contributed by atoms with E-state index < -0.39 is 5.97 Å². The normalized spacial score (nSPS) is 17.3. The van der Waals surface area contributed by atoms with Gasteiger partial charge in [0.25, 0.3) is 0 Å². The topological polar surface area (TPSA) is 66.4 Å². The molecule has 0 aliphatic heterocycles. The van der Waals surface area contributed by atoms with Gasteiger partial charge in [-0.1, -0.05) is 73.6 Å². The van der Waals surface area contributed by atoms with Crippen molar-refractivity contribution in [3.63, 3.8) is 0 Å². The van der Waals surface area contributed by atoms with Gasteiger partial charge >= 0.3 is 5.97 Å². The van der Waals surface area contributed by atoms with Gasteiger partial charge in [-0.2, -0.15) is 0 Å². The first-order valence-corrected chi connectivity index (χ1v) is 11.1. The number of carbonyl (C=O) groups excluding carboxylic acids is 1. The molecule has 170 valence electrons. The number of benzene rings is 1. The fraction of sp³-hybridized carbons (Fsp3) is 0.357. The van der Waals surface area contributed by atoms with Crippen molar-refractivity contribution in [3.8, 4) is 0 Å². The lowest BCUT2D eigenvalue weighted by molar-refractivity contribution is -0.136. The maximum absolute atomic E-state index is 12.3. The van der Waals surface area contributed by atoms with E-state index in [0.717, 1.165) is 11.1 Å². The second-order valence-electron chi connectivity index (χ2n) is 9.14. The predicted molar refractivity (Wildman–Crippen MR) is 133 cm³/mol. The molecule has 2 rings (SSSR count). The van der Waals surface area contributed by atoms with Crippen LogP contribution in [0.5, 0.6) is 0 Å². The van der Waals surface area contributed by atoms with E-state index in [2.05, 4.69) is 45.2 Å². The summed E-state index contributed by atoms with van der Waals surface area (Å²) in [7, 11) is 0. The molecule has 1 aliphatic rings. The van der Waals surface area contributed by atoms with E-state index in [1.807, 2.05) is 25.2 Å². The molecule has 2 N–H and O–H groups in total. The second kappa shape index (κ2) is 11.5. The van der Waals surface area contributed by atoms with Gasteiger partial charge in [0, 0.05) is 11.8 Å². The molecule has 0 saturated carbocycles. The van der Waals surface area contributed by atoms with E-state index in [1.54, 1.807) is 24.3 Å². The van der Waals surface area contributed by atoms with Crippen LogP contribution in [0.3, 0.4) is 0 Å². The van der Waals surface area contributed by atoms with Crippen LogP contribution in [0.4, 0.5) is 5.69 Å². The number of anilines is 1. The zero-order chi connectivity index (χ0) is 23.7. The summed E-state index contributed by atoms with van der Waals surface area (Å²) in [6.45, 7) is 10.8. The molecule has 0 heterocycles. The van der Waals surface area contributed by atoms with Crippen molar-refractivity contribution in [3.05, 3.63) is 88.6 Å². The number of para-hydroxylation sites is 1. The van der Waals surface area contributed by atoms with Crippen molar-refractivity contribution in [1.82, 2.24) is 0 Å². The lowest BCUT2D eigenvalue weighted by Gasteiger charge is -2.32. The number of aliphatic carboxylic acids is 1. The number of allylic oxidation sites excluding steroid dienone is 9. The van der Waals surface area contributed by atoms with Crippen LogP contribution in [0, 0.1) is 5.41 Å². The summed E-state index contributed by atoms with van der Waals surface area (Å²) in [6, 6.07) is 6.93. The molecule has 1 amide bonds. The molecule has 0 spiro atoms. The Bertz CT molecular complexity index is 1000. The Hall–Kier alpha value is -3.14. The summed E-state index contributed by atoms with van der Waals surface area (Å²) in [4.78, 5) is 23.3. The van der Waals surface area contributed by atoms with Crippen molar-refractivity contribution >= 4 is 17.6 Å². The molecule has 4 heteroatoms. The van der Waals surface area contributed by atoms with Gasteiger partial charge in [0.1, 0.15) is 0 Å². The number of nitrogens with one attached hydrogen (secondary N) is 1. The Balaban J connectivity index is 2.00. The summed E-state index contributed by atoms with van der Waals surface area (Å²) < 4.78 is 0. The third-order valence-electron chi connectivity index (χ3n) is 5.75. The Morgan fingerprint density at radius 1 is 1.12 bits per heavy atom. The first-order chi connectivity index (χ1) is 15.1. The van der Waals surface area contributed by atoms with Crippen molar-refractivity contribution in [2.45, 2.75) is 60.3 Å². The minimum Gasteiger partial charge on any atom is -0.481 e. The highest BCUT2D eigenvalue weighted by Gasteiger charge is 2.26. The SMILES string of the molecule is CC(C=CC1=C(C)CCCC1(C)C)=CC=CC(C)=CC(=O)Nc1ccccc1CC(=O)O. The molecule has 1 aliphatic carbocycles. The maximum atomic E-state index is 12.3. The van der Waals surface area contributed by atoms with Gasteiger partial charge in [0.15, 0.2) is 0 Å². The minimum absolute atomic E-state index is 0.135. The number of hydrogen-bond acceptors (Lipinski definition) is 2. The summed E-state index contributed by atoms with van der Waals surface area (Å²) in [5.74, 6) is -1.22. The maximum Gasteiger partial charge on any atom is 0.307 e. The summed E-state index contributed by atoms with van der Waals surface area (Å²) in [6.07, 6.45) is 15.3. The van der Waals surface area contributed by atoms with Crippen LogP contribution in [0.1, 0.15) is 59.4 Å². The van der Waals surface area contributed by atoms with Crippen LogP contribution < -0.4 is 5.32 Å². The minimum atomic E-state index is -0.934. The van der Waals surface area contributed by atoms with Gasteiger partial charge in [-0.05, 0) is 68.2 Å². The summed E-state index contributed by atoms with van der Waals surface area (Å²) >= 11 is 0. The van der Waals surface area contributed by atoms with Crippen LogP contribution in [0.25, 0.3) is 0 Å². The Morgan fingerprint density at radius 3 is 2.53 bits per heavy atom. The van der Waals surface area contributed by atoms with Crippen LogP contribution in [0.15, 0.2) is 83.0 Å². The molecule has 4 nitrogen and oxygen atoms in total. The van der Waals surface area contributed by atoms with Gasteiger partial charge < -0.3 is 10.4 Å². The first-order valence-electron chi connectivity index (χ1n) is 11.1.